The van der Waals surface area contributed by atoms with Crippen LogP contribution in [-0.2, 0) is 19.6 Å². The maximum absolute atomic E-state index is 12.4. The van der Waals surface area contributed by atoms with Crippen LogP contribution in [0, 0.1) is 0 Å². The molecule has 1 aromatic carbocycles. The van der Waals surface area contributed by atoms with Crippen LogP contribution in [0.15, 0.2) is 24.3 Å². The molecule has 8 heteroatoms. The summed E-state index contributed by atoms with van der Waals surface area (Å²) in [6, 6.07) is 6.62. The van der Waals surface area contributed by atoms with Crippen molar-refractivity contribution in [1.82, 2.24) is 4.90 Å². The van der Waals surface area contributed by atoms with Crippen molar-refractivity contribution < 1.29 is 22.7 Å². The molecule has 0 aromatic heterocycles. The van der Waals surface area contributed by atoms with E-state index in [-0.39, 0.29) is 18.2 Å². The van der Waals surface area contributed by atoms with Crippen molar-refractivity contribution in [3.8, 4) is 5.75 Å². The van der Waals surface area contributed by atoms with Crippen LogP contribution >= 0.6 is 0 Å². The molecule has 7 nitrogen and oxygen atoms in total. The topological polar surface area (TPSA) is 76.2 Å². The fourth-order valence-electron chi connectivity index (χ4n) is 2.29. The number of anilines is 1. The lowest BCUT2D eigenvalue weighted by Gasteiger charge is -2.30. The number of methoxy groups -OCH3 is 1. The van der Waals surface area contributed by atoms with Gasteiger partial charge in [0.05, 0.1) is 31.8 Å². The fraction of sp³-hybridized carbons (Fsp3) is 0.533. The van der Waals surface area contributed by atoms with Crippen molar-refractivity contribution in [2.75, 3.05) is 50.0 Å². The van der Waals surface area contributed by atoms with E-state index in [1.54, 1.807) is 36.1 Å². The quantitative estimate of drug-likeness (QED) is 0.761. The Morgan fingerprint density at radius 3 is 2.39 bits per heavy atom. The first-order chi connectivity index (χ1) is 11.0. The number of hydrogen-bond acceptors (Lipinski definition) is 5. The lowest BCUT2D eigenvalue weighted by molar-refractivity contribution is -0.133. The highest BCUT2D eigenvalue weighted by molar-refractivity contribution is 7.92. The van der Waals surface area contributed by atoms with E-state index in [4.69, 9.17) is 9.47 Å². The lowest BCUT2D eigenvalue weighted by Crippen LogP contribution is -2.47. The van der Waals surface area contributed by atoms with Gasteiger partial charge in [0.15, 0.2) is 0 Å². The minimum atomic E-state index is -3.55. The molecule has 0 aliphatic carbocycles. The Balaban J connectivity index is 2.21. The molecule has 0 saturated carbocycles. The van der Waals surface area contributed by atoms with Gasteiger partial charge in [-0.2, -0.15) is 0 Å². The monoisotopic (exact) mass is 342 g/mol. The number of sulfonamides is 1. The highest BCUT2D eigenvalue weighted by Gasteiger charge is 2.26. The summed E-state index contributed by atoms with van der Waals surface area (Å²) in [5, 5.41) is 0. The molecule has 1 aliphatic heterocycles. The van der Waals surface area contributed by atoms with Crippen LogP contribution in [0.4, 0.5) is 5.69 Å². The normalized spacial score (nSPS) is 15.3. The summed E-state index contributed by atoms with van der Waals surface area (Å²) in [6.45, 7) is 3.29. The van der Waals surface area contributed by atoms with Gasteiger partial charge in [-0.25, -0.2) is 8.42 Å². The van der Waals surface area contributed by atoms with E-state index < -0.39 is 10.0 Å². The summed E-state index contributed by atoms with van der Waals surface area (Å²) in [6.07, 6.45) is 0. The number of carbonyl (C=O) groups is 1. The summed E-state index contributed by atoms with van der Waals surface area (Å²) in [5.41, 5.74) is 0.453. The first-order valence-corrected chi connectivity index (χ1v) is 9.09. The molecule has 1 aromatic rings. The smallest absolute Gasteiger partial charge is 0.243 e. The third-order valence-corrected chi connectivity index (χ3v) is 5.44. The van der Waals surface area contributed by atoms with E-state index in [0.717, 1.165) is 4.31 Å². The maximum atomic E-state index is 12.4. The van der Waals surface area contributed by atoms with Crippen LogP contribution in [0.2, 0.25) is 0 Å². The van der Waals surface area contributed by atoms with Gasteiger partial charge < -0.3 is 14.4 Å². The number of benzene rings is 1. The van der Waals surface area contributed by atoms with E-state index >= 15 is 0 Å². The Morgan fingerprint density at radius 1 is 1.26 bits per heavy atom. The molecule has 2 rings (SSSR count). The molecule has 23 heavy (non-hydrogen) atoms. The molecule has 0 unspecified atom stereocenters. The second kappa shape index (κ2) is 7.65. The van der Waals surface area contributed by atoms with Crippen LogP contribution in [0.5, 0.6) is 5.75 Å². The Kier molecular flexibility index (Phi) is 5.84. The third-order valence-electron chi connectivity index (χ3n) is 3.70. The molecule has 1 amide bonds. The number of rotatable bonds is 6. The molecule has 0 atom stereocenters. The van der Waals surface area contributed by atoms with Gasteiger partial charge in [-0.1, -0.05) is 0 Å². The summed E-state index contributed by atoms with van der Waals surface area (Å²) in [4.78, 5) is 14.0. The minimum absolute atomic E-state index is 0.0740. The molecule has 128 valence electrons. The van der Waals surface area contributed by atoms with Crippen molar-refractivity contribution in [3.05, 3.63) is 24.3 Å². The molecule has 1 heterocycles. The highest BCUT2D eigenvalue weighted by atomic mass is 32.2. The average Bonchev–Trinajstić information content (AvgIpc) is 2.60. The van der Waals surface area contributed by atoms with Gasteiger partial charge in [0.1, 0.15) is 12.3 Å². The molecular weight excluding hydrogens is 320 g/mol. The number of nitrogens with zero attached hydrogens (tertiary/aromatic N) is 2. The Hall–Kier alpha value is -1.80. The van der Waals surface area contributed by atoms with E-state index in [1.807, 2.05) is 0 Å². The van der Waals surface area contributed by atoms with Crippen LogP contribution < -0.4 is 9.04 Å². The Morgan fingerprint density at radius 2 is 1.87 bits per heavy atom. The Bertz CT molecular complexity index is 624. The summed E-state index contributed by atoms with van der Waals surface area (Å²) < 4.78 is 36.2. The second-order valence-corrected chi connectivity index (χ2v) is 7.28. The van der Waals surface area contributed by atoms with E-state index in [9.17, 15) is 13.2 Å². The van der Waals surface area contributed by atoms with Crippen LogP contribution in [0.3, 0.4) is 0 Å². The molecule has 0 radical (unpaired) electrons. The summed E-state index contributed by atoms with van der Waals surface area (Å²) in [7, 11) is -2.01. The lowest BCUT2D eigenvalue weighted by atomic mass is 10.3. The molecule has 0 bridgehead atoms. The zero-order valence-corrected chi connectivity index (χ0v) is 14.2. The number of hydrogen-bond donors (Lipinski definition) is 0. The molecule has 1 fully saturated rings. The van der Waals surface area contributed by atoms with Crippen molar-refractivity contribution in [2.24, 2.45) is 0 Å². The fourth-order valence-corrected chi connectivity index (χ4v) is 3.35. The predicted molar refractivity (Wildman–Crippen MR) is 87.2 cm³/mol. The zero-order chi connectivity index (χ0) is 16.9. The zero-order valence-electron chi connectivity index (χ0n) is 13.4. The highest BCUT2D eigenvalue weighted by Crippen LogP contribution is 2.22. The number of carbonyl (C=O) groups excluding carboxylic acids is 1. The van der Waals surface area contributed by atoms with E-state index in [2.05, 4.69) is 0 Å². The van der Waals surface area contributed by atoms with E-state index in [0.29, 0.717) is 37.7 Å². The second-order valence-electron chi connectivity index (χ2n) is 5.10. The van der Waals surface area contributed by atoms with Gasteiger partial charge in [-0.3, -0.25) is 9.10 Å². The van der Waals surface area contributed by atoms with Gasteiger partial charge in [0.2, 0.25) is 15.9 Å². The molecule has 0 spiro atoms. The summed E-state index contributed by atoms with van der Waals surface area (Å²) >= 11 is 0. The Labute approximate surface area is 136 Å². The largest absolute Gasteiger partial charge is 0.497 e. The van der Waals surface area contributed by atoms with Crippen molar-refractivity contribution in [3.63, 3.8) is 0 Å². The number of amides is 1. The van der Waals surface area contributed by atoms with Crippen molar-refractivity contribution in [2.45, 2.75) is 6.92 Å². The molecule has 0 N–H and O–H groups in total. The molecular formula is C15H22N2O5S. The maximum Gasteiger partial charge on any atom is 0.243 e. The number of ether oxygens (including phenoxy) is 2. The number of morpholine rings is 1. The predicted octanol–water partition coefficient (Wildman–Crippen LogP) is 0.710. The van der Waals surface area contributed by atoms with Gasteiger partial charge >= 0.3 is 0 Å². The van der Waals surface area contributed by atoms with Gasteiger partial charge in [0, 0.05) is 13.1 Å². The van der Waals surface area contributed by atoms with Gasteiger partial charge in [0.25, 0.3) is 0 Å². The van der Waals surface area contributed by atoms with Crippen molar-refractivity contribution in [1.29, 1.82) is 0 Å². The standard InChI is InChI=1S/C15H22N2O5S/c1-3-23(19,20)17(13-4-6-14(21-2)7-5-13)12-15(18)16-8-10-22-11-9-16/h4-7H,3,8-12H2,1-2H3. The first kappa shape index (κ1) is 17.6. The van der Waals surface area contributed by atoms with Crippen LogP contribution in [0.1, 0.15) is 6.92 Å². The molecule has 1 saturated heterocycles. The van der Waals surface area contributed by atoms with Crippen molar-refractivity contribution >= 4 is 21.6 Å². The molecule has 1 aliphatic rings. The van der Waals surface area contributed by atoms with Crippen LogP contribution in [0.25, 0.3) is 0 Å². The first-order valence-electron chi connectivity index (χ1n) is 7.48. The van der Waals surface area contributed by atoms with E-state index in [1.165, 1.54) is 7.11 Å². The minimum Gasteiger partial charge on any atom is -0.497 e. The third kappa shape index (κ3) is 4.35. The SMILES string of the molecule is CCS(=O)(=O)N(CC(=O)N1CCOCC1)c1ccc(OC)cc1. The average molecular weight is 342 g/mol. The van der Waals surface area contributed by atoms with Gasteiger partial charge in [-0.15, -0.1) is 0 Å². The van der Waals surface area contributed by atoms with Gasteiger partial charge in [-0.05, 0) is 31.2 Å². The summed E-state index contributed by atoms with van der Waals surface area (Å²) in [5.74, 6) is 0.332. The van der Waals surface area contributed by atoms with Crippen LogP contribution in [-0.4, -0.2) is 64.9 Å².